The van der Waals surface area contributed by atoms with E-state index in [0.717, 1.165) is 0 Å². The van der Waals surface area contributed by atoms with E-state index in [-0.39, 0.29) is 11.8 Å². The van der Waals surface area contributed by atoms with Crippen LogP contribution in [-0.4, -0.2) is 31.3 Å². The highest BCUT2D eigenvalue weighted by atomic mass is 35.5. The van der Waals surface area contributed by atoms with Crippen molar-refractivity contribution in [1.29, 1.82) is 0 Å². The molecule has 2 rings (SSSR count). The van der Waals surface area contributed by atoms with Gasteiger partial charge in [0.15, 0.2) is 5.15 Å². The second-order valence-electron chi connectivity index (χ2n) is 2.73. The number of nitrogens with two attached hydrogens (primary N) is 1. The molecule has 0 radical (unpaired) electrons. The number of rotatable bonds is 2. The molecular formula is C7H8ClN5O. The van der Waals surface area contributed by atoms with Gasteiger partial charge in [0.25, 0.3) is 5.78 Å². The van der Waals surface area contributed by atoms with Gasteiger partial charge in [0.2, 0.25) is 0 Å². The Balaban J connectivity index is 2.62. The molecule has 6 nitrogen and oxygen atoms in total. The number of aliphatic hydroxyl groups is 1. The molecule has 1 atom stereocenters. The SMILES string of the molecule is NC(CO)c1nc2nccnn2c1Cl. The minimum atomic E-state index is -0.606. The fraction of sp³-hybridized carbons (Fsp3) is 0.286. The summed E-state index contributed by atoms with van der Waals surface area (Å²) in [7, 11) is 0. The number of nitrogens with zero attached hydrogens (tertiary/aromatic N) is 4. The third kappa shape index (κ3) is 1.33. The summed E-state index contributed by atoms with van der Waals surface area (Å²) in [5.74, 6) is 0.372. The summed E-state index contributed by atoms with van der Waals surface area (Å²) < 4.78 is 1.37. The summed E-state index contributed by atoms with van der Waals surface area (Å²) in [4.78, 5) is 8.00. The lowest BCUT2D eigenvalue weighted by atomic mass is 10.2. The standard InChI is InChI=1S/C7H8ClN5O/c8-6-5(4(9)3-14)12-7-10-1-2-11-13(6)7/h1-2,4,14H,3,9H2. The second-order valence-corrected chi connectivity index (χ2v) is 3.09. The second kappa shape index (κ2) is 3.49. The average molecular weight is 214 g/mol. The van der Waals surface area contributed by atoms with E-state index in [0.29, 0.717) is 11.5 Å². The lowest BCUT2D eigenvalue weighted by Gasteiger charge is -2.02. The fourth-order valence-corrected chi connectivity index (χ4v) is 1.40. The third-order valence-corrected chi connectivity index (χ3v) is 2.15. The normalized spacial score (nSPS) is 13.4. The maximum Gasteiger partial charge on any atom is 0.252 e. The van der Waals surface area contributed by atoms with E-state index in [2.05, 4.69) is 15.1 Å². The van der Waals surface area contributed by atoms with Gasteiger partial charge in [-0.1, -0.05) is 11.6 Å². The molecule has 0 aliphatic heterocycles. The topological polar surface area (TPSA) is 89.3 Å². The Morgan fingerprint density at radius 1 is 1.57 bits per heavy atom. The summed E-state index contributed by atoms with van der Waals surface area (Å²) in [6, 6.07) is -0.606. The molecule has 1 unspecified atom stereocenters. The van der Waals surface area contributed by atoms with Gasteiger partial charge in [-0.05, 0) is 0 Å². The number of hydrogen-bond acceptors (Lipinski definition) is 5. The largest absolute Gasteiger partial charge is 0.394 e. The van der Waals surface area contributed by atoms with Gasteiger partial charge in [-0.25, -0.2) is 9.97 Å². The van der Waals surface area contributed by atoms with Gasteiger partial charge in [0.05, 0.1) is 25.0 Å². The number of hydrogen-bond donors (Lipinski definition) is 2. The van der Waals surface area contributed by atoms with Crippen molar-refractivity contribution in [3.05, 3.63) is 23.2 Å². The van der Waals surface area contributed by atoms with Crippen LogP contribution in [0.15, 0.2) is 12.4 Å². The number of imidazole rings is 1. The zero-order valence-corrected chi connectivity index (χ0v) is 7.89. The van der Waals surface area contributed by atoms with Gasteiger partial charge in [0, 0.05) is 0 Å². The van der Waals surface area contributed by atoms with Crippen LogP contribution in [0.25, 0.3) is 5.78 Å². The van der Waals surface area contributed by atoms with Crippen molar-refractivity contribution in [2.75, 3.05) is 6.61 Å². The monoisotopic (exact) mass is 213 g/mol. The lowest BCUT2D eigenvalue weighted by molar-refractivity contribution is 0.266. The summed E-state index contributed by atoms with van der Waals surface area (Å²) in [5, 5.41) is 13.1. The molecule has 0 saturated heterocycles. The van der Waals surface area contributed by atoms with Crippen LogP contribution in [0.4, 0.5) is 0 Å². The maximum absolute atomic E-state index is 8.86. The number of halogens is 1. The summed E-state index contributed by atoms with van der Waals surface area (Å²) in [6.45, 7) is -0.219. The predicted molar refractivity (Wildman–Crippen MR) is 49.8 cm³/mol. The van der Waals surface area contributed by atoms with E-state index in [1.54, 1.807) is 0 Å². The van der Waals surface area contributed by atoms with Crippen molar-refractivity contribution in [3.63, 3.8) is 0 Å². The minimum Gasteiger partial charge on any atom is -0.394 e. The van der Waals surface area contributed by atoms with Gasteiger partial charge in [0.1, 0.15) is 5.69 Å². The van der Waals surface area contributed by atoms with Crippen LogP contribution in [-0.2, 0) is 0 Å². The fourth-order valence-electron chi connectivity index (χ4n) is 1.10. The maximum atomic E-state index is 8.86. The predicted octanol–water partition coefficient (Wildman–Crippen LogP) is -0.230. The van der Waals surface area contributed by atoms with Crippen molar-refractivity contribution >= 4 is 17.4 Å². The molecular weight excluding hydrogens is 206 g/mol. The molecule has 2 aromatic heterocycles. The minimum absolute atomic E-state index is 0.219. The number of aromatic nitrogens is 4. The van der Waals surface area contributed by atoms with Gasteiger partial charge in [-0.2, -0.15) is 9.61 Å². The molecule has 0 amide bonds. The van der Waals surface area contributed by atoms with Gasteiger partial charge in [-0.15, -0.1) is 0 Å². The van der Waals surface area contributed by atoms with E-state index < -0.39 is 6.04 Å². The molecule has 0 aromatic carbocycles. The molecule has 0 spiro atoms. The molecule has 3 N–H and O–H groups in total. The first-order valence-corrected chi connectivity index (χ1v) is 4.33. The van der Waals surface area contributed by atoms with Crippen LogP contribution in [0.5, 0.6) is 0 Å². The van der Waals surface area contributed by atoms with E-state index in [1.807, 2.05) is 0 Å². The molecule has 14 heavy (non-hydrogen) atoms. The van der Waals surface area contributed by atoms with Crippen molar-refractivity contribution in [2.24, 2.45) is 5.73 Å². The van der Waals surface area contributed by atoms with Crippen LogP contribution >= 0.6 is 11.6 Å². The molecule has 0 aliphatic rings. The van der Waals surface area contributed by atoms with E-state index in [4.69, 9.17) is 22.4 Å². The number of fused-ring (bicyclic) bond motifs is 1. The summed E-state index contributed by atoms with van der Waals surface area (Å²) >= 11 is 5.94. The molecule has 0 saturated carbocycles. The molecule has 0 fully saturated rings. The van der Waals surface area contributed by atoms with Crippen LogP contribution < -0.4 is 5.73 Å². The first kappa shape index (κ1) is 9.32. The quantitative estimate of drug-likeness (QED) is 0.719. The highest BCUT2D eigenvalue weighted by molar-refractivity contribution is 6.30. The molecule has 7 heteroatoms. The molecule has 0 aliphatic carbocycles. The Hall–Kier alpha value is -1.24. The van der Waals surface area contributed by atoms with Gasteiger partial charge < -0.3 is 10.8 Å². The first-order chi connectivity index (χ1) is 6.74. The molecule has 2 aromatic rings. The van der Waals surface area contributed by atoms with Crippen molar-refractivity contribution in [3.8, 4) is 0 Å². The van der Waals surface area contributed by atoms with Crippen LogP contribution in [0.3, 0.4) is 0 Å². The molecule has 2 heterocycles. The Labute approximate surface area is 84.3 Å². The Kier molecular flexibility index (Phi) is 2.32. The third-order valence-electron chi connectivity index (χ3n) is 1.79. The first-order valence-electron chi connectivity index (χ1n) is 3.95. The average Bonchev–Trinajstić information content (AvgIpc) is 2.56. The highest BCUT2D eigenvalue weighted by Crippen LogP contribution is 2.20. The number of aliphatic hydroxyl groups excluding tert-OH is 1. The van der Waals surface area contributed by atoms with Gasteiger partial charge >= 0.3 is 0 Å². The van der Waals surface area contributed by atoms with E-state index in [1.165, 1.54) is 16.9 Å². The van der Waals surface area contributed by atoms with Crippen LogP contribution in [0.1, 0.15) is 11.7 Å². The highest BCUT2D eigenvalue weighted by Gasteiger charge is 2.17. The van der Waals surface area contributed by atoms with Crippen LogP contribution in [0, 0.1) is 0 Å². The summed E-state index contributed by atoms with van der Waals surface area (Å²) in [5.41, 5.74) is 6.00. The smallest absolute Gasteiger partial charge is 0.252 e. The Morgan fingerprint density at radius 3 is 3.00 bits per heavy atom. The molecule has 0 bridgehead atoms. The van der Waals surface area contributed by atoms with Gasteiger partial charge in [-0.3, -0.25) is 0 Å². The molecule has 74 valence electrons. The zero-order valence-electron chi connectivity index (χ0n) is 7.13. The van der Waals surface area contributed by atoms with Crippen molar-refractivity contribution < 1.29 is 5.11 Å². The van der Waals surface area contributed by atoms with Crippen molar-refractivity contribution in [1.82, 2.24) is 19.6 Å². The summed E-state index contributed by atoms with van der Waals surface area (Å²) in [6.07, 6.45) is 3.00. The van der Waals surface area contributed by atoms with Crippen molar-refractivity contribution in [2.45, 2.75) is 6.04 Å². The Morgan fingerprint density at radius 2 is 2.36 bits per heavy atom. The van der Waals surface area contributed by atoms with Crippen LogP contribution in [0.2, 0.25) is 5.15 Å². The lowest BCUT2D eigenvalue weighted by Crippen LogP contribution is -2.15. The Bertz CT molecular complexity index is 456. The van der Waals surface area contributed by atoms with E-state index in [9.17, 15) is 0 Å². The van der Waals surface area contributed by atoms with E-state index >= 15 is 0 Å². The zero-order chi connectivity index (χ0) is 10.1.